The highest BCUT2D eigenvalue weighted by atomic mass is 32.1. The third-order valence-electron chi connectivity index (χ3n) is 9.37. The zero-order valence-corrected chi connectivity index (χ0v) is 28.4. The van der Waals surface area contributed by atoms with E-state index in [0.717, 1.165) is 22.3 Å². The number of hydrogen-bond donors (Lipinski definition) is 0. The number of hydrogen-bond acceptors (Lipinski definition) is 5. The largest absolute Gasteiger partial charge is 0.208 e. The van der Waals surface area contributed by atoms with E-state index in [0.29, 0.717) is 17.5 Å². The highest BCUT2D eigenvalue weighted by Gasteiger charge is 2.18. The minimum atomic E-state index is 0.659. The summed E-state index contributed by atoms with van der Waals surface area (Å²) in [6.45, 7) is 0. The average Bonchev–Trinajstić information content (AvgIpc) is 3.76. The molecule has 0 aliphatic heterocycles. The maximum absolute atomic E-state index is 5.19. The van der Waals surface area contributed by atoms with Crippen LogP contribution in [0.4, 0.5) is 0 Å². The SMILES string of the molecule is c1ccc(-c2ccc(-c3nc(-c4ccc5c(c4)sc4cc(-c6ccccc6)ccc45)nc(-c4cccc5c4sc4ccccc45)n3)cc2)cc1. The van der Waals surface area contributed by atoms with Gasteiger partial charge in [0.1, 0.15) is 0 Å². The van der Waals surface area contributed by atoms with Gasteiger partial charge in [0, 0.05) is 57.0 Å². The van der Waals surface area contributed by atoms with Gasteiger partial charge in [0.05, 0.1) is 0 Å². The molecule has 234 valence electrons. The fourth-order valence-electron chi connectivity index (χ4n) is 6.85. The Morgan fingerprint density at radius 2 is 0.800 bits per heavy atom. The van der Waals surface area contributed by atoms with Gasteiger partial charge in [-0.2, -0.15) is 0 Å². The first-order chi connectivity index (χ1) is 24.7. The number of benzene rings is 7. The normalized spacial score (nSPS) is 11.6. The Labute approximate surface area is 296 Å². The topological polar surface area (TPSA) is 38.7 Å². The summed E-state index contributed by atoms with van der Waals surface area (Å²) in [5.74, 6) is 2.00. The first-order valence-electron chi connectivity index (χ1n) is 16.6. The van der Waals surface area contributed by atoms with Crippen molar-refractivity contribution in [3.05, 3.63) is 164 Å². The number of rotatable bonds is 5. The first-order valence-corrected chi connectivity index (χ1v) is 18.2. The van der Waals surface area contributed by atoms with E-state index >= 15 is 0 Å². The van der Waals surface area contributed by atoms with Crippen molar-refractivity contribution in [2.24, 2.45) is 0 Å². The molecule has 0 aliphatic rings. The Hall–Kier alpha value is -6.01. The molecule has 10 rings (SSSR count). The molecule has 10 aromatic rings. The third kappa shape index (κ3) is 4.98. The molecule has 5 heteroatoms. The van der Waals surface area contributed by atoms with Gasteiger partial charge in [0.15, 0.2) is 17.5 Å². The molecule has 0 saturated heterocycles. The van der Waals surface area contributed by atoms with Gasteiger partial charge in [0.2, 0.25) is 0 Å². The van der Waals surface area contributed by atoms with Crippen molar-refractivity contribution in [1.82, 2.24) is 15.0 Å². The van der Waals surface area contributed by atoms with Crippen molar-refractivity contribution in [2.45, 2.75) is 0 Å². The molecule has 0 fully saturated rings. The van der Waals surface area contributed by atoms with Crippen LogP contribution in [0.25, 0.3) is 96.8 Å². The molecular formula is C45H27N3S2. The van der Waals surface area contributed by atoms with E-state index in [-0.39, 0.29) is 0 Å². The molecule has 0 aliphatic carbocycles. The molecule has 0 N–H and O–H groups in total. The van der Waals surface area contributed by atoms with Crippen LogP contribution < -0.4 is 0 Å². The molecule has 0 saturated carbocycles. The lowest BCUT2D eigenvalue weighted by molar-refractivity contribution is 1.08. The van der Waals surface area contributed by atoms with Crippen LogP contribution in [0, 0.1) is 0 Å². The first kappa shape index (κ1) is 29.0. The molecular weight excluding hydrogens is 647 g/mol. The second-order valence-corrected chi connectivity index (χ2v) is 14.6. The minimum absolute atomic E-state index is 0.659. The lowest BCUT2D eigenvalue weighted by Gasteiger charge is -2.10. The van der Waals surface area contributed by atoms with E-state index < -0.39 is 0 Å². The third-order valence-corrected chi connectivity index (χ3v) is 11.7. The Morgan fingerprint density at radius 1 is 0.300 bits per heavy atom. The molecule has 0 amide bonds. The van der Waals surface area contributed by atoms with Crippen molar-refractivity contribution < 1.29 is 0 Å². The van der Waals surface area contributed by atoms with E-state index in [4.69, 9.17) is 15.0 Å². The van der Waals surface area contributed by atoms with Gasteiger partial charge in [-0.05, 0) is 46.5 Å². The monoisotopic (exact) mass is 673 g/mol. The van der Waals surface area contributed by atoms with Crippen molar-refractivity contribution in [3.8, 4) is 56.4 Å². The lowest BCUT2D eigenvalue weighted by Crippen LogP contribution is -2.00. The summed E-state index contributed by atoms with van der Waals surface area (Å²) >= 11 is 3.61. The predicted molar refractivity (Wildman–Crippen MR) is 213 cm³/mol. The van der Waals surface area contributed by atoms with E-state index in [9.17, 15) is 0 Å². The van der Waals surface area contributed by atoms with Crippen LogP contribution >= 0.6 is 22.7 Å². The van der Waals surface area contributed by atoms with Crippen molar-refractivity contribution in [2.75, 3.05) is 0 Å². The summed E-state index contributed by atoms with van der Waals surface area (Å²) in [7, 11) is 0. The quantitative estimate of drug-likeness (QED) is 0.182. The standard InChI is InChI=1S/C45H27N3S2/c1-3-10-28(11-4-1)30-18-20-31(21-19-30)43-46-44(48-45(47-43)38-16-9-15-37-34-14-7-8-17-39(34)50-42(37)38)33-23-25-36-35-24-22-32(29-12-5-2-6-13-29)26-40(35)49-41(36)27-33/h1-27H. The van der Waals surface area contributed by atoms with Gasteiger partial charge in [-0.25, -0.2) is 15.0 Å². The number of nitrogens with zero attached hydrogens (tertiary/aromatic N) is 3. The maximum Gasteiger partial charge on any atom is 0.165 e. The maximum atomic E-state index is 5.19. The van der Waals surface area contributed by atoms with E-state index in [2.05, 4.69) is 158 Å². The fourth-order valence-corrected chi connectivity index (χ4v) is 9.24. The molecule has 3 nitrogen and oxygen atoms in total. The molecule has 0 bridgehead atoms. The molecule has 0 atom stereocenters. The molecule has 0 unspecified atom stereocenters. The van der Waals surface area contributed by atoms with Crippen LogP contribution in [0.3, 0.4) is 0 Å². The second kappa shape index (κ2) is 11.8. The summed E-state index contributed by atoms with van der Waals surface area (Å²) in [4.78, 5) is 15.5. The zero-order chi connectivity index (χ0) is 33.0. The fraction of sp³-hybridized carbons (Fsp3) is 0. The van der Waals surface area contributed by atoms with Crippen molar-refractivity contribution in [3.63, 3.8) is 0 Å². The van der Waals surface area contributed by atoms with Crippen molar-refractivity contribution >= 4 is 63.0 Å². The summed E-state index contributed by atoms with van der Waals surface area (Å²) in [6, 6.07) is 57.9. The molecule has 3 aromatic heterocycles. The summed E-state index contributed by atoms with van der Waals surface area (Å²) in [5.41, 5.74) is 7.74. The highest BCUT2D eigenvalue weighted by Crippen LogP contribution is 2.41. The van der Waals surface area contributed by atoms with Crippen molar-refractivity contribution in [1.29, 1.82) is 0 Å². The molecule has 3 heterocycles. The van der Waals surface area contributed by atoms with Gasteiger partial charge in [-0.3, -0.25) is 0 Å². The van der Waals surface area contributed by atoms with E-state index in [1.54, 1.807) is 11.3 Å². The molecule has 0 spiro atoms. The summed E-state index contributed by atoms with van der Waals surface area (Å²) < 4.78 is 4.92. The number of aromatic nitrogens is 3. The van der Waals surface area contributed by atoms with Gasteiger partial charge >= 0.3 is 0 Å². The molecule has 0 radical (unpaired) electrons. The van der Waals surface area contributed by atoms with Gasteiger partial charge in [0.25, 0.3) is 0 Å². The Bertz CT molecular complexity index is 2850. The zero-order valence-electron chi connectivity index (χ0n) is 26.7. The molecule has 50 heavy (non-hydrogen) atoms. The number of thiophene rings is 2. The minimum Gasteiger partial charge on any atom is -0.208 e. The van der Waals surface area contributed by atoms with Crippen LogP contribution in [0.2, 0.25) is 0 Å². The van der Waals surface area contributed by atoms with E-state index in [1.165, 1.54) is 57.0 Å². The van der Waals surface area contributed by atoms with Crippen LogP contribution in [-0.2, 0) is 0 Å². The van der Waals surface area contributed by atoms with Gasteiger partial charge < -0.3 is 0 Å². The Morgan fingerprint density at radius 3 is 1.54 bits per heavy atom. The van der Waals surface area contributed by atoms with Crippen LogP contribution in [-0.4, -0.2) is 15.0 Å². The van der Waals surface area contributed by atoms with Gasteiger partial charge in [-0.1, -0.05) is 140 Å². The lowest BCUT2D eigenvalue weighted by atomic mass is 10.0. The smallest absolute Gasteiger partial charge is 0.165 e. The van der Waals surface area contributed by atoms with Crippen LogP contribution in [0.5, 0.6) is 0 Å². The summed E-state index contributed by atoms with van der Waals surface area (Å²) in [5, 5.41) is 4.99. The molecule has 7 aromatic carbocycles. The van der Waals surface area contributed by atoms with Gasteiger partial charge in [-0.15, -0.1) is 22.7 Å². The Kier molecular flexibility index (Phi) is 6.86. The average molecular weight is 674 g/mol. The predicted octanol–water partition coefficient (Wildman–Crippen LogP) is 12.9. The van der Waals surface area contributed by atoms with Crippen LogP contribution in [0.1, 0.15) is 0 Å². The highest BCUT2D eigenvalue weighted by molar-refractivity contribution is 7.26. The van der Waals surface area contributed by atoms with Crippen LogP contribution in [0.15, 0.2) is 164 Å². The number of fused-ring (bicyclic) bond motifs is 6. The van der Waals surface area contributed by atoms with E-state index in [1.807, 2.05) is 17.4 Å². The second-order valence-electron chi connectivity index (χ2n) is 12.4. The Balaban J connectivity index is 1.13. The summed E-state index contributed by atoms with van der Waals surface area (Å²) in [6.07, 6.45) is 0.